The van der Waals surface area contributed by atoms with E-state index in [0.29, 0.717) is 67.4 Å². The summed E-state index contributed by atoms with van der Waals surface area (Å²) < 4.78 is 12.0. The number of ether oxygens (including phenoxy) is 2. The number of likely N-dealkylation sites (tertiary alicyclic amines) is 2. The van der Waals surface area contributed by atoms with Crippen molar-refractivity contribution in [3.05, 3.63) is 35.4 Å². The normalized spacial score (nSPS) is 21.4. The predicted molar refractivity (Wildman–Crippen MR) is 117 cm³/mol. The van der Waals surface area contributed by atoms with Crippen molar-refractivity contribution in [2.24, 2.45) is 5.41 Å². The maximum atomic E-state index is 13.3. The number of aromatic nitrogens is 5. The topological polar surface area (TPSA) is 136 Å². The van der Waals surface area contributed by atoms with Gasteiger partial charge < -0.3 is 24.4 Å². The van der Waals surface area contributed by atoms with Gasteiger partial charge in [0.15, 0.2) is 5.82 Å². The summed E-state index contributed by atoms with van der Waals surface area (Å²) in [5.41, 5.74) is 1.40. The molecule has 5 heterocycles. The van der Waals surface area contributed by atoms with Gasteiger partial charge in [-0.25, -0.2) is 9.78 Å². The maximum Gasteiger partial charge on any atom is 0.336 e. The van der Waals surface area contributed by atoms with Crippen molar-refractivity contribution < 1.29 is 24.2 Å². The van der Waals surface area contributed by atoms with Crippen molar-refractivity contribution in [1.29, 1.82) is 0 Å². The van der Waals surface area contributed by atoms with E-state index in [0.717, 1.165) is 6.42 Å². The van der Waals surface area contributed by atoms with Crippen LogP contribution in [0.1, 0.15) is 37.9 Å². The molecule has 180 valence electrons. The van der Waals surface area contributed by atoms with Gasteiger partial charge in [0.2, 0.25) is 5.91 Å². The number of piperidine rings is 1. The third-order valence-electron chi connectivity index (χ3n) is 7.21. The molecule has 0 radical (unpaired) electrons. The number of aliphatic hydroxyl groups excluding tert-OH is 1. The first-order chi connectivity index (χ1) is 16.4. The number of rotatable bonds is 6. The number of β-amino-alcohol motifs (C(OH)–C–C–N with tert-alkyl or cyclic N) is 1. The highest BCUT2D eigenvalue weighted by molar-refractivity contribution is 5.94. The summed E-state index contributed by atoms with van der Waals surface area (Å²) in [6.45, 7) is 4.30. The van der Waals surface area contributed by atoms with Crippen LogP contribution in [-0.4, -0.2) is 91.9 Å². The molecular weight excluding hydrogens is 442 g/mol. The molecule has 0 unspecified atom stereocenters. The quantitative estimate of drug-likeness (QED) is 0.586. The molecule has 5 rings (SSSR count). The Kier molecular flexibility index (Phi) is 5.78. The number of aliphatic hydroxyl groups is 1. The molecule has 0 aromatic carbocycles. The molecule has 3 aliphatic heterocycles. The van der Waals surface area contributed by atoms with Gasteiger partial charge in [0, 0.05) is 30.9 Å². The second-order valence-corrected chi connectivity index (χ2v) is 8.99. The van der Waals surface area contributed by atoms with Gasteiger partial charge in [0.1, 0.15) is 18.7 Å². The Morgan fingerprint density at radius 3 is 2.65 bits per heavy atom. The minimum atomic E-state index is -0.801. The summed E-state index contributed by atoms with van der Waals surface area (Å²) in [6, 6.07) is 1.68. The zero-order chi connectivity index (χ0) is 23.9. The summed E-state index contributed by atoms with van der Waals surface area (Å²) in [5.74, 6) is 0.731. The van der Waals surface area contributed by atoms with E-state index in [1.165, 1.54) is 18.1 Å². The number of esters is 1. The minimum Gasteiger partial charge on any atom is -0.496 e. The second kappa shape index (κ2) is 8.76. The SMILES string of the molecule is COc1cc(-n2cnnn2)ncc1[C@H](O)CN1CCC2(CC1)CCN(C1=C(C)C(=O)OC1)C2=O. The molecule has 2 saturated heterocycles. The lowest BCUT2D eigenvalue weighted by Gasteiger charge is -2.38. The molecular formula is C22H27N7O5. The fourth-order valence-corrected chi connectivity index (χ4v) is 5.05. The summed E-state index contributed by atoms with van der Waals surface area (Å²) in [5, 5.41) is 21.9. The number of nitrogens with zero attached hydrogens (tertiary/aromatic N) is 7. The number of carbonyl (C=O) groups excluding carboxylic acids is 2. The molecule has 12 heteroatoms. The molecule has 12 nitrogen and oxygen atoms in total. The van der Waals surface area contributed by atoms with Gasteiger partial charge in [0.05, 0.1) is 29.9 Å². The van der Waals surface area contributed by atoms with Gasteiger partial charge in [-0.2, -0.15) is 4.68 Å². The molecule has 2 aromatic rings. The zero-order valence-electron chi connectivity index (χ0n) is 19.2. The number of cyclic esters (lactones) is 1. The second-order valence-electron chi connectivity index (χ2n) is 8.99. The van der Waals surface area contributed by atoms with Crippen molar-refractivity contribution in [2.45, 2.75) is 32.3 Å². The number of carbonyl (C=O) groups is 2. The highest BCUT2D eigenvalue weighted by Crippen LogP contribution is 2.44. The maximum absolute atomic E-state index is 13.3. The van der Waals surface area contributed by atoms with E-state index in [9.17, 15) is 14.7 Å². The fourth-order valence-electron chi connectivity index (χ4n) is 5.05. The number of pyridine rings is 1. The summed E-state index contributed by atoms with van der Waals surface area (Å²) in [7, 11) is 1.54. The summed E-state index contributed by atoms with van der Waals surface area (Å²) in [4.78, 5) is 33.3. The lowest BCUT2D eigenvalue weighted by molar-refractivity contribution is -0.138. The first kappa shape index (κ1) is 22.4. The lowest BCUT2D eigenvalue weighted by Crippen LogP contribution is -2.45. The average molecular weight is 470 g/mol. The van der Waals surface area contributed by atoms with Crippen LogP contribution in [0.5, 0.6) is 5.75 Å². The Hall–Kier alpha value is -3.38. The first-order valence-corrected chi connectivity index (χ1v) is 11.3. The van der Waals surface area contributed by atoms with Gasteiger partial charge in [-0.1, -0.05) is 0 Å². The number of hydrogen-bond acceptors (Lipinski definition) is 10. The third-order valence-corrected chi connectivity index (χ3v) is 7.21. The van der Waals surface area contributed by atoms with Crippen LogP contribution >= 0.6 is 0 Å². The molecule has 1 amide bonds. The lowest BCUT2D eigenvalue weighted by atomic mass is 9.77. The number of hydrogen-bond donors (Lipinski definition) is 1. The van der Waals surface area contributed by atoms with Crippen LogP contribution in [-0.2, 0) is 14.3 Å². The molecule has 1 spiro atoms. The van der Waals surface area contributed by atoms with Crippen LogP contribution < -0.4 is 4.74 Å². The van der Waals surface area contributed by atoms with E-state index in [1.807, 2.05) is 0 Å². The molecule has 2 fully saturated rings. The van der Waals surface area contributed by atoms with E-state index in [2.05, 4.69) is 25.4 Å². The fraction of sp³-hybridized carbons (Fsp3) is 0.545. The summed E-state index contributed by atoms with van der Waals surface area (Å²) >= 11 is 0. The summed E-state index contributed by atoms with van der Waals surface area (Å²) in [6.07, 6.45) is 4.40. The highest BCUT2D eigenvalue weighted by atomic mass is 16.5. The van der Waals surface area contributed by atoms with Crippen LogP contribution in [0.25, 0.3) is 5.82 Å². The molecule has 1 atom stereocenters. The van der Waals surface area contributed by atoms with E-state index < -0.39 is 11.5 Å². The van der Waals surface area contributed by atoms with E-state index in [1.54, 1.807) is 24.1 Å². The van der Waals surface area contributed by atoms with Crippen molar-refractivity contribution in [3.8, 4) is 11.6 Å². The predicted octanol–water partition coefficient (Wildman–Crippen LogP) is 0.245. The largest absolute Gasteiger partial charge is 0.496 e. The Morgan fingerprint density at radius 1 is 1.24 bits per heavy atom. The molecule has 3 aliphatic rings. The van der Waals surface area contributed by atoms with Crippen molar-refractivity contribution in [1.82, 2.24) is 35.0 Å². The molecule has 2 aromatic heterocycles. The van der Waals surface area contributed by atoms with Crippen molar-refractivity contribution in [2.75, 3.05) is 39.9 Å². The van der Waals surface area contributed by atoms with Crippen molar-refractivity contribution in [3.63, 3.8) is 0 Å². The number of tetrazole rings is 1. The van der Waals surface area contributed by atoms with Crippen molar-refractivity contribution >= 4 is 11.9 Å². The highest BCUT2D eigenvalue weighted by Gasteiger charge is 2.50. The van der Waals surface area contributed by atoms with Gasteiger partial charge >= 0.3 is 5.97 Å². The van der Waals surface area contributed by atoms with Gasteiger partial charge in [0.25, 0.3) is 0 Å². The molecule has 0 saturated carbocycles. The Labute approximate surface area is 196 Å². The molecule has 1 N–H and O–H groups in total. The monoisotopic (exact) mass is 469 g/mol. The Balaban J connectivity index is 1.22. The van der Waals surface area contributed by atoms with Crippen LogP contribution in [0.15, 0.2) is 29.9 Å². The Morgan fingerprint density at radius 2 is 2.00 bits per heavy atom. The average Bonchev–Trinajstić information content (AvgIpc) is 3.57. The van der Waals surface area contributed by atoms with E-state index in [4.69, 9.17) is 9.47 Å². The number of methoxy groups -OCH3 is 1. The molecule has 0 bridgehead atoms. The first-order valence-electron chi connectivity index (χ1n) is 11.3. The molecule has 0 aliphatic carbocycles. The van der Waals surface area contributed by atoms with Gasteiger partial charge in [-0.15, -0.1) is 5.10 Å². The van der Waals surface area contributed by atoms with Crippen LogP contribution in [0.2, 0.25) is 0 Å². The van der Waals surface area contributed by atoms with Gasteiger partial charge in [-0.05, 0) is 49.7 Å². The Bertz CT molecular complexity index is 1120. The van der Waals surface area contributed by atoms with Crippen LogP contribution in [0.4, 0.5) is 0 Å². The molecule has 34 heavy (non-hydrogen) atoms. The standard InChI is InChI=1S/C22H27N7O5/c1-14-16(12-34-20(14)31)28-8-5-22(21(28)32)3-6-27(7-4-22)11-17(30)15-10-23-19(9-18(15)33-2)29-13-24-25-26-29/h9-10,13,17,30H,3-8,11-12H2,1-2H3/t17-/m1/s1. The smallest absolute Gasteiger partial charge is 0.336 e. The number of amides is 1. The third kappa shape index (κ3) is 3.82. The van der Waals surface area contributed by atoms with Gasteiger partial charge in [-0.3, -0.25) is 4.79 Å². The van der Waals surface area contributed by atoms with Crippen LogP contribution in [0, 0.1) is 5.41 Å². The zero-order valence-corrected chi connectivity index (χ0v) is 19.2. The van der Waals surface area contributed by atoms with Crippen LogP contribution in [0.3, 0.4) is 0 Å². The van der Waals surface area contributed by atoms with E-state index in [-0.39, 0.29) is 18.5 Å². The van der Waals surface area contributed by atoms with E-state index >= 15 is 0 Å². The minimum absolute atomic E-state index is 0.0874.